The Kier molecular flexibility index (Phi) is 7.35. The number of nitrogens with zero attached hydrogens (tertiary/aromatic N) is 3. The number of rotatable bonds is 4. The first-order chi connectivity index (χ1) is 16.6. The molecule has 0 spiro atoms. The second kappa shape index (κ2) is 11.0. The average Bonchev–Trinajstić information content (AvgIpc) is 3.29. The third-order valence-electron chi connectivity index (χ3n) is 5.25. The molecule has 34 heavy (non-hydrogen) atoms. The van der Waals surface area contributed by atoms with E-state index in [1.54, 1.807) is 0 Å². The molecule has 0 bridgehead atoms. The number of para-hydroxylation sites is 3. The van der Waals surface area contributed by atoms with Gasteiger partial charge in [-0.1, -0.05) is 91.0 Å². The van der Waals surface area contributed by atoms with Gasteiger partial charge in [0.2, 0.25) is 0 Å². The van der Waals surface area contributed by atoms with Crippen LogP contribution in [0.25, 0.3) is 22.4 Å². The highest BCUT2D eigenvalue weighted by molar-refractivity contribution is 5.91. The van der Waals surface area contributed by atoms with E-state index in [9.17, 15) is 4.79 Å². The van der Waals surface area contributed by atoms with E-state index in [1.165, 1.54) is 10.3 Å². The second-order valence-corrected chi connectivity index (χ2v) is 7.90. The number of ether oxygens (including phenoxy) is 1. The molecule has 5 nitrogen and oxygen atoms in total. The fourth-order valence-corrected chi connectivity index (χ4v) is 3.50. The van der Waals surface area contributed by atoms with Gasteiger partial charge < -0.3 is 9.64 Å². The van der Waals surface area contributed by atoms with Gasteiger partial charge in [-0.3, -0.25) is 0 Å². The molecule has 1 heterocycles. The van der Waals surface area contributed by atoms with Crippen LogP contribution in [0.1, 0.15) is 5.56 Å². The van der Waals surface area contributed by atoms with Crippen LogP contribution in [0, 0.1) is 0 Å². The second-order valence-electron chi connectivity index (χ2n) is 7.90. The van der Waals surface area contributed by atoms with E-state index < -0.39 is 6.09 Å². The van der Waals surface area contributed by atoms with Gasteiger partial charge in [-0.15, -0.1) is 0 Å². The predicted octanol–water partition coefficient (Wildman–Crippen LogP) is 6.64. The minimum absolute atomic E-state index is 0.223. The first-order valence-electron chi connectivity index (χ1n) is 11.1. The quantitative estimate of drug-likeness (QED) is 0.309. The predicted molar refractivity (Wildman–Crippen MR) is 138 cm³/mol. The number of benzene rings is 4. The number of hydrogen-bond acceptors (Lipinski definition) is 4. The van der Waals surface area contributed by atoms with Gasteiger partial charge in [0, 0.05) is 25.3 Å². The van der Waals surface area contributed by atoms with Crippen LogP contribution in [0.3, 0.4) is 0 Å². The smallest absolute Gasteiger partial charge is 0.420 e. The van der Waals surface area contributed by atoms with Crippen molar-refractivity contribution in [1.29, 1.82) is 0 Å². The van der Waals surface area contributed by atoms with E-state index in [-0.39, 0.29) is 6.61 Å². The molecule has 0 unspecified atom stereocenters. The standard InChI is InChI=1S/C21H16N2O2.C8H11N/c24-21(25-15-16-9-3-1-4-10-16)23-19-14-8-7-13-18(19)22-20(23)17-11-5-2-6-12-17;1-9(2)8-6-4-3-5-7-8/h1-14H,15H2;3-7H,1-2H3. The van der Waals surface area contributed by atoms with Crippen molar-refractivity contribution in [3.8, 4) is 11.4 Å². The normalized spacial score (nSPS) is 10.3. The van der Waals surface area contributed by atoms with E-state index in [1.807, 2.05) is 117 Å². The maximum absolute atomic E-state index is 12.8. The maximum atomic E-state index is 12.8. The van der Waals surface area contributed by atoms with E-state index >= 15 is 0 Å². The summed E-state index contributed by atoms with van der Waals surface area (Å²) in [6.45, 7) is 0.223. The number of anilines is 1. The first kappa shape index (κ1) is 22.8. The Morgan fingerprint density at radius 1 is 0.765 bits per heavy atom. The zero-order valence-corrected chi connectivity index (χ0v) is 19.3. The number of fused-ring (bicyclic) bond motifs is 1. The van der Waals surface area contributed by atoms with Crippen molar-refractivity contribution in [3.05, 3.63) is 121 Å². The Labute approximate surface area is 199 Å². The summed E-state index contributed by atoms with van der Waals surface area (Å²) in [7, 11) is 4.07. The van der Waals surface area contributed by atoms with Crippen molar-refractivity contribution >= 4 is 22.8 Å². The highest BCUT2D eigenvalue weighted by atomic mass is 16.5. The summed E-state index contributed by atoms with van der Waals surface area (Å²) >= 11 is 0. The molecule has 5 rings (SSSR count). The highest BCUT2D eigenvalue weighted by Gasteiger charge is 2.19. The molecule has 5 heteroatoms. The molecule has 1 aromatic heterocycles. The lowest BCUT2D eigenvalue weighted by atomic mass is 10.2. The maximum Gasteiger partial charge on any atom is 0.420 e. The monoisotopic (exact) mass is 449 g/mol. The molecular weight excluding hydrogens is 422 g/mol. The molecule has 0 aliphatic carbocycles. The molecule has 0 saturated carbocycles. The first-order valence-corrected chi connectivity index (χ1v) is 11.1. The van der Waals surface area contributed by atoms with Gasteiger partial charge in [-0.25, -0.2) is 14.3 Å². The minimum Gasteiger partial charge on any atom is -0.444 e. The van der Waals surface area contributed by atoms with Gasteiger partial charge >= 0.3 is 6.09 Å². The summed E-state index contributed by atoms with van der Waals surface area (Å²) in [5.41, 5.74) is 4.56. The molecule has 0 radical (unpaired) electrons. The lowest BCUT2D eigenvalue weighted by Gasteiger charge is -2.10. The van der Waals surface area contributed by atoms with Crippen molar-refractivity contribution in [2.75, 3.05) is 19.0 Å². The van der Waals surface area contributed by atoms with E-state index in [0.717, 1.165) is 22.2 Å². The van der Waals surface area contributed by atoms with Gasteiger partial charge in [0.05, 0.1) is 11.0 Å². The molecule has 0 aliphatic heterocycles. The Morgan fingerprint density at radius 2 is 1.32 bits per heavy atom. The topological polar surface area (TPSA) is 47.4 Å². The Hall–Kier alpha value is -4.38. The summed E-state index contributed by atoms with van der Waals surface area (Å²) in [6, 6.07) is 37.1. The van der Waals surface area contributed by atoms with Gasteiger partial charge in [0.25, 0.3) is 0 Å². The molecule has 4 aromatic carbocycles. The fourth-order valence-electron chi connectivity index (χ4n) is 3.50. The number of aromatic nitrogens is 2. The number of imidazole rings is 1. The van der Waals surface area contributed by atoms with Crippen LogP contribution < -0.4 is 4.90 Å². The Bertz CT molecular complexity index is 1330. The van der Waals surface area contributed by atoms with Crippen LogP contribution in [0.15, 0.2) is 115 Å². The van der Waals surface area contributed by atoms with Crippen molar-refractivity contribution < 1.29 is 9.53 Å². The highest BCUT2D eigenvalue weighted by Crippen LogP contribution is 2.25. The zero-order valence-electron chi connectivity index (χ0n) is 19.3. The van der Waals surface area contributed by atoms with E-state index in [4.69, 9.17) is 4.74 Å². The van der Waals surface area contributed by atoms with Gasteiger partial charge in [-0.05, 0) is 29.8 Å². The summed E-state index contributed by atoms with van der Waals surface area (Å²) in [5, 5.41) is 0. The molecule has 5 aromatic rings. The van der Waals surface area contributed by atoms with Crippen molar-refractivity contribution in [2.45, 2.75) is 6.61 Å². The van der Waals surface area contributed by atoms with E-state index in [0.29, 0.717) is 5.82 Å². The van der Waals surface area contributed by atoms with Gasteiger partial charge in [-0.2, -0.15) is 0 Å². The van der Waals surface area contributed by atoms with Crippen LogP contribution in [-0.4, -0.2) is 29.7 Å². The molecule has 0 saturated heterocycles. The molecular formula is C29H27N3O2. The van der Waals surface area contributed by atoms with Gasteiger partial charge in [0.15, 0.2) is 5.82 Å². The lowest BCUT2D eigenvalue weighted by molar-refractivity contribution is 0.142. The van der Waals surface area contributed by atoms with Crippen LogP contribution in [0.2, 0.25) is 0 Å². The summed E-state index contributed by atoms with van der Waals surface area (Å²) in [6.07, 6.45) is -0.434. The molecule has 0 N–H and O–H groups in total. The number of carbonyl (C=O) groups excluding carboxylic acids is 1. The molecule has 170 valence electrons. The SMILES string of the molecule is CN(C)c1ccccc1.O=C(OCc1ccccc1)n1c(-c2ccccc2)nc2ccccc21. The van der Waals surface area contributed by atoms with Crippen LogP contribution >= 0.6 is 0 Å². The van der Waals surface area contributed by atoms with Gasteiger partial charge in [0.1, 0.15) is 6.61 Å². The van der Waals surface area contributed by atoms with Crippen LogP contribution in [0.5, 0.6) is 0 Å². The summed E-state index contributed by atoms with van der Waals surface area (Å²) < 4.78 is 7.06. The van der Waals surface area contributed by atoms with Crippen molar-refractivity contribution in [1.82, 2.24) is 9.55 Å². The zero-order chi connectivity index (χ0) is 23.8. The van der Waals surface area contributed by atoms with E-state index in [2.05, 4.69) is 22.0 Å². The van der Waals surface area contributed by atoms with Crippen LogP contribution in [-0.2, 0) is 11.3 Å². The number of carbonyl (C=O) groups is 1. The third-order valence-corrected chi connectivity index (χ3v) is 5.25. The lowest BCUT2D eigenvalue weighted by Crippen LogP contribution is -2.14. The molecule has 0 aliphatic rings. The Morgan fingerprint density at radius 3 is 1.94 bits per heavy atom. The third kappa shape index (κ3) is 5.51. The van der Waals surface area contributed by atoms with Crippen molar-refractivity contribution in [3.63, 3.8) is 0 Å². The van der Waals surface area contributed by atoms with Crippen LogP contribution in [0.4, 0.5) is 10.5 Å². The average molecular weight is 450 g/mol. The fraction of sp³-hybridized carbons (Fsp3) is 0.103. The summed E-state index contributed by atoms with van der Waals surface area (Å²) in [4.78, 5) is 19.5. The summed E-state index contributed by atoms with van der Waals surface area (Å²) in [5.74, 6) is 0.583. The molecule has 0 amide bonds. The molecule has 0 atom stereocenters. The largest absolute Gasteiger partial charge is 0.444 e. The number of hydrogen-bond donors (Lipinski definition) is 0. The Balaban J connectivity index is 0.000000257. The molecule has 0 fully saturated rings. The van der Waals surface area contributed by atoms with Crippen molar-refractivity contribution in [2.24, 2.45) is 0 Å². The minimum atomic E-state index is -0.434.